The Morgan fingerprint density at radius 1 is 1.17 bits per heavy atom. The van der Waals surface area contributed by atoms with Crippen LogP contribution in [0, 0.1) is 5.92 Å². The van der Waals surface area contributed by atoms with Gasteiger partial charge < -0.3 is 10.0 Å². The molecule has 0 atom stereocenters. The van der Waals surface area contributed by atoms with E-state index in [1.807, 2.05) is 13.8 Å². The van der Waals surface area contributed by atoms with Gasteiger partial charge in [0.05, 0.1) is 10.5 Å². The lowest BCUT2D eigenvalue weighted by molar-refractivity contribution is 0.00651. The van der Waals surface area contributed by atoms with Crippen molar-refractivity contribution in [3.05, 3.63) is 23.8 Å². The zero-order valence-corrected chi connectivity index (χ0v) is 15.7. The Bertz CT molecular complexity index is 651. The number of sulfone groups is 1. The molecule has 2 rings (SSSR count). The van der Waals surface area contributed by atoms with Gasteiger partial charge in [0.15, 0.2) is 9.84 Å². The summed E-state index contributed by atoms with van der Waals surface area (Å²) in [7, 11) is -3.22. The third kappa shape index (κ3) is 4.48. The van der Waals surface area contributed by atoms with Crippen LogP contribution in [0.4, 0.5) is 5.69 Å². The second kappa shape index (κ2) is 6.44. The molecule has 5 heteroatoms. The van der Waals surface area contributed by atoms with E-state index in [-0.39, 0.29) is 5.92 Å². The maximum atomic E-state index is 12.0. The summed E-state index contributed by atoms with van der Waals surface area (Å²) in [4.78, 5) is 2.63. The van der Waals surface area contributed by atoms with Gasteiger partial charge in [-0.1, -0.05) is 13.8 Å². The first-order valence-electron chi connectivity index (χ1n) is 8.31. The second-order valence-electron chi connectivity index (χ2n) is 7.60. The zero-order valence-electron chi connectivity index (χ0n) is 14.8. The lowest BCUT2D eigenvalue weighted by Crippen LogP contribution is -2.42. The summed E-state index contributed by atoms with van der Waals surface area (Å²) in [6.07, 6.45) is 3.10. The molecule has 0 bridgehead atoms. The number of benzene rings is 1. The molecule has 0 aromatic heterocycles. The van der Waals surface area contributed by atoms with Crippen LogP contribution in [0.5, 0.6) is 0 Å². The molecule has 0 unspecified atom stereocenters. The van der Waals surface area contributed by atoms with E-state index >= 15 is 0 Å². The summed E-state index contributed by atoms with van der Waals surface area (Å²) >= 11 is 0. The van der Waals surface area contributed by atoms with Crippen molar-refractivity contribution in [2.75, 3.05) is 24.2 Å². The van der Waals surface area contributed by atoms with Gasteiger partial charge in [-0.25, -0.2) is 8.42 Å². The molecule has 0 saturated carbocycles. The lowest BCUT2D eigenvalue weighted by atomic mass is 9.83. The van der Waals surface area contributed by atoms with E-state index in [1.54, 1.807) is 12.1 Å². The lowest BCUT2D eigenvalue weighted by Gasteiger charge is -2.39. The fourth-order valence-corrected chi connectivity index (χ4v) is 3.86. The highest BCUT2D eigenvalue weighted by Gasteiger charge is 2.30. The van der Waals surface area contributed by atoms with Gasteiger partial charge in [-0.2, -0.15) is 0 Å². The number of nitrogens with zero attached hydrogens (tertiary/aromatic N) is 1. The second-order valence-corrected chi connectivity index (χ2v) is 9.62. The molecule has 0 spiro atoms. The Morgan fingerprint density at radius 2 is 1.74 bits per heavy atom. The minimum Gasteiger partial charge on any atom is -0.390 e. The summed E-state index contributed by atoms with van der Waals surface area (Å²) in [5.41, 5.74) is 1.38. The highest BCUT2D eigenvalue weighted by molar-refractivity contribution is 7.90. The highest BCUT2D eigenvalue weighted by Crippen LogP contribution is 2.32. The summed E-state index contributed by atoms with van der Waals surface area (Å²) < 4.78 is 23.9. The molecule has 23 heavy (non-hydrogen) atoms. The Hall–Kier alpha value is -1.07. The number of piperidine rings is 1. The Labute approximate surface area is 140 Å². The van der Waals surface area contributed by atoms with E-state index in [0.717, 1.165) is 37.2 Å². The van der Waals surface area contributed by atoms with Crippen LogP contribution in [-0.2, 0) is 9.84 Å². The van der Waals surface area contributed by atoms with Crippen LogP contribution in [-0.4, -0.2) is 38.5 Å². The molecule has 1 aliphatic rings. The van der Waals surface area contributed by atoms with Crippen molar-refractivity contribution in [2.45, 2.75) is 57.0 Å². The average Bonchev–Trinajstić information content (AvgIpc) is 2.45. The highest BCUT2D eigenvalue weighted by atomic mass is 32.2. The first kappa shape index (κ1) is 18.3. The quantitative estimate of drug-likeness (QED) is 0.915. The van der Waals surface area contributed by atoms with Crippen LogP contribution >= 0.6 is 0 Å². The Morgan fingerprint density at radius 3 is 2.17 bits per heavy atom. The Balaban J connectivity index is 2.28. The van der Waals surface area contributed by atoms with Crippen LogP contribution < -0.4 is 4.90 Å². The third-order valence-corrected chi connectivity index (χ3v) is 5.96. The largest absolute Gasteiger partial charge is 0.390 e. The summed E-state index contributed by atoms with van der Waals surface area (Å²) in [6, 6.07) is 5.67. The van der Waals surface area contributed by atoms with Gasteiger partial charge in [-0.3, -0.25) is 0 Å². The Kier molecular flexibility index (Phi) is 5.12. The smallest absolute Gasteiger partial charge is 0.175 e. The molecule has 1 N–H and O–H groups in total. The summed E-state index contributed by atoms with van der Waals surface area (Å²) in [5.74, 6) is 0.575. The van der Waals surface area contributed by atoms with Gasteiger partial charge in [0, 0.05) is 25.0 Å². The fraction of sp³-hybridized carbons (Fsp3) is 0.667. The number of rotatable bonds is 4. The van der Waals surface area contributed by atoms with Gasteiger partial charge in [0.2, 0.25) is 0 Å². The first-order chi connectivity index (χ1) is 10.5. The number of anilines is 1. The maximum Gasteiger partial charge on any atom is 0.175 e. The molecule has 0 aliphatic carbocycles. The van der Waals surface area contributed by atoms with Crippen LogP contribution in [0.3, 0.4) is 0 Å². The SMILES string of the molecule is CC(C)c1cc(N2CCC(C(C)(C)O)CC2)cc(S(C)(=O)=O)c1. The van der Waals surface area contributed by atoms with E-state index in [2.05, 4.69) is 24.8 Å². The maximum absolute atomic E-state index is 12.0. The molecular weight excluding hydrogens is 310 g/mol. The number of hydrogen-bond donors (Lipinski definition) is 1. The number of aliphatic hydroxyl groups is 1. The fourth-order valence-electron chi connectivity index (χ4n) is 3.18. The predicted octanol–water partition coefficient (Wildman–Crippen LogP) is 3.20. The van der Waals surface area contributed by atoms with Crippen molar-refractivity contribution in [2.24, 2.45) is 5.92 Å². The normalized spacial score (nSPS) is 17.8. The van der Waals surface area contributed by atoms with Gasteiger partial charge >= 0.3 is 0 Å². The molecule has 1 aromatic carbocycles. The van der Waals surface area contributed by atoms with Crippen LogP contribution in [0.1, 0.15) is 52.0 Å². The summed E-state index contributed by atoms with van der Waals surface area (Å²) in [6.45, 7) is 9.58. The zero-order chi connectivity index (χ0) is 17.4. The van der Waals surface area contributed by atoms with E-state index in [0.29, 0.717) is 10.8 Å². The molecule has 130 valence electrons. The first-order valence-corrected chi connectivity index (χ1v) is 10.2. The van der Waals surface area contributed by atoms with Crippen LogP contribution in [0.25, 0.3) is 0 Å². The molecule has 1 aromatic rings. The van der Waals surface area contributed by atoms with Gasteiger partial charge in [0.25, 0.3) is 0 Å². The molecule has 0 radical (unpaired) electrons. The molecular formula is C18H29NO3S. The van der Waals surface area contributed by atoms with Crippen molar-refractivity contribution in [1.29, 1.82) is 0 Å². The standard InChI is InChI=1S/C18H29NO3S/c1-13(2)14-10-16(12-17(11-14)23(5,21)22)19-8-6-15(7-9-19)18(3,4)20/h10-13,15,20H,6-9H2,1-5H3. The van der Waals surface area contributed by atoms with Crippen LogP contribution in [0.15, 0.2) is 23.1 Å². The average molecular weight is 340 g/mol. The molecule has 1 saturated heterocycles. The molecule has 1 fully saturated rings. The molecule has 0 amide bonds. The van der Waals surface area contributed by atoms with E-state index < -0.39 is 15.4 Å². The minimum absolute atomic E-state index is 0.282. The predicted molar refractivity (Wildman–Crippen MR) is 94.9 cm³/mol. The topological polar surface area (TPSA) is 57.6 Å². The van der Waals surface area contributed by atoms with Crippen molar-refractivity contribution < 1.29 is 13.5 Å². The van der Waals surface area contributed by atoms with Crippen molar-refractivity contribution in [3.63, 3.8) is 0 Å². The molecule has 4 nitrogen and oxygen atoms in total. The van der Waals surface area contributed by atoms with Gasteiger partial charge in [0.1, 0.15) is 0 Å². The van der Waals surface area contributed by atoms with E-state index in [4.69, 9.17) is 0 Å². The summed E-state index contributed by atoms with van der Waals surface area (Å²) in [5, 5.41) is 10.2. The molecule has 1 heterocycles. The van der Waals surface area contributed by atoms with Gasteiger partial charge in [-0.15, -0.1) is 0 Å². The van der Waals surface area contributed by atoms with Gasteiger partial charge in [-0.05, 0) is 62.3 Å². The van der Waals surface area contributed by atoms with Crippen molar-refractivity contribution in [1.82, 2.24) is 0 Å². The molecule has 1 aliphatic heterocycles. The number of hydrogen-bond acceptors (Lipinski definition) is 4. The monoisotopic (exact) mass is 339 g/mol. The van der Waals surface area contributed by atoms with E-state index in [1.165, 1.54) is 6.26 Å². The van der Waals surface area contributed by atoms with Crippen molar-refractivity contribution >= 4 is 15.5 Å². The van der Waals surface area contributed by atoms with E-state index in [9.17, 15) is 13.5 Å². The minimum atomic E-state index is -3.22. The van der Waals surface area contributed by atoms with Crippen molar-refractivity contribution in [3.8, 4) is 0 Å². The third-order valence-electron chi connectivity index (χ3n) is 4.87. The van der Waals surface area contributed by atoms with Crippen LogP contribution in [0.2, 0.25) is 0 Å².